The van der Waals surface area contributed by atoms with Crippen LogP contribution < -0.4 is 0 Å². The van der Waals surface area contributed by atoms with Crippen molar-refractivity contribution in [2.45, 2.75) is 18.7 Å². The summed E-state index contributed by atoms with van der Waals surface area (Å²) in [6.45, 7) is 0.179. The summed E-state index contributed by atoms with van der Waals surface area (Å²) in [7, 11) is 0. The summed E-state index contributed by atoms with van der Waals surface area (Å²) in [6.07, 6.45) is -1.84. The Bertz CT molecular complexity index is 948. The van der Waals surface area contributed by atoms with E-state index < -0.39 is 18.4 Å². The fraction of sp³-hybridized carbons (Fsp3) is 0.263. The highest BCUT2D eigenvalue weighted by Crippen LogP contribution is 2.42. The lowest BCUT2D eigenvalue weighted by Gasteiger charge is -2.38. The SMILES string of the molecule is O=C1c2ccccc2C(O)N1C[C@@H]1c2c(O)ccc(Br)c2CCN1C(=O)O. The molecule has 0 bridgehead atoms. The van der Waals surface area contributed by atoms with E-state index in [1.165, 1.54) is 15.9 Å². The van der Waals surface area contributed by atoms with Gasteiger partial charge in [0.25, 0.3) is 5.91 Å². The van der Waals surface area contributed by atoms with Crippen molar-refractivity contribution in [3.05, 3.63) is 63.1 Å². The first-order chi connectivity index (χ1) is 12.9. The van der Waals surface area contributed by atoms with Crippen LogP contribution in [0.25, 0.3) is 0 Å². The number of halogens is 1. The van der Waals surface area contributed by atoms with E-state index in [9.17, 15) is 24.9 Å². The van der Waals surface area contributed by atoms with Gasteiger partial charge in [0.15, 0.2) is 6.23 Å². The summed E-state index contributed by atoms with van der Waals surface area (Å²) in [5, 5.41) is 30.7. The quantitative estimate of drug-likeness (QED) is 0.676. The number of rotatable bonds is 2. The molecule has 3 N–H and O–H groups in total. The van der Waals surface area contributed by atoms with Gasteiger partial charge in [-0.25, -0.2) is 4.79 Å². The van der Waals surface area contributed by atoms with Crippen molar-refractivity contribution in [1.29, 1.82) is 0 Å². The lowest BCUT2D eigenvalue weighted by atomic mass is 9.91. The molecular weight excluding hydrogens is 416 g/mol. The van der Waals surface area contributed by atoms with Gasteiger partial charge in [0.2, 0.25) is 0 Å². The van der Waals surface area contributed by atoms with E-state index in [0.717, 1.165) is 10.0 Å². The summed E-state index contributed by atoms with van der Waals surface area (Å²) < 4.78 is 0.780. The van der Waals surface area contributed by atoms with Crippen LogP contribution in [-0.2, 0) is 6.42 Å². The molecular formula is C19H17BrN2O5. The van der Waals surface area contributed by atoms with E-state index in [0.29, 0.717) is 23.1 Å². The average molecular weight is 433 g/mol. The molecule has 4 rings (SSSR count). The predicted octanol–water partition coefficient (Wildman–Crippen LogP) is 2.88. The van der Waals surface area contributed by atoms with Crippen LogP contribution in [0.15, 0.2) is 40.9 Å². The zero-order valence-electron chi connectivity index (χ0n) is 14.2. The Morgan fingerprint density at radius 1 is 1.22 bits per heavy atom. The van der Waals surface area contributed by atoms with Crippen LogP contribution in [0.2, 0.25) is 0 Å². The molecule has 140 valence electrons. The number of hydrogen-bond donors (Lipinski definition) is 3. The lowest BCUT2D eigenvalue weighted by Crippen LogP contribution is -2.45. The van der Waals surface area contributed by atoms with E-state index in [1.807, 2.05) is 0 Å². The Hall–Kier alpha value is -2.58. The Balaban J connectivity index is 1.75. The maximum atomic E-state index is 12.7. The molecule has 0 saturated carbocycles. The molecule has 0 aliphatic carbocycles. The molecule has 2 amide bonds. The summed E-state index contributed by atoms with van der Waals surface area (Å²) in [6, 6.07) is 9.20. The second-order valence-corrected chi connectivity index (χ2v) is 7.47. The van der Waals surface area contributed by atoms with Crippen molar-refractivity contribution in [2.24, 2.45) is 0 Å². The van der Waals surface area contributed by atoms with Gasteiger partial charge >= 0.3 is 6.09 Å². The molecule has 2 atom stereocenters. The van der Waals surface area contributed by atoms with Crippen molar-refractivity contribution in [1.82, 2.24) is 9.80 Å². The molecule has 2 heterocycles. The number of aromatic hydroxyl groups is 1. The molecule has 0 spiro atoms. The number of carbonyl (C=O) groups is 2. The van der Waals surface area contributed by atoms with Gasteiger partial charge in [0.1, 0.15) is 5.75 Å². The second kappa shape index (κ2) is 6.54. The maximum absolute atomic E-state index is 12.7. The van der Waals surface area contributed by atoms with Crippen LogP contribution in [0.1, 0.15) is 39.3 Å². The molecule has 2 aliphatic heterocycles. The minimum Gasteiger partial charge on any atom is -0.508 e. The van der Waals surface area contributed by atoms with Crippen molar-refractivity contribution in [3.63, 3.8) is 0 Å². The number of carboxylic acid groups (broad SMARTS) is 1. The fourth-order valence-corrected chi connectivity index (χ4v) is 4.48. The maximum Gasteiger partial charge on any atom is 0.407 e. The highest BCUT2D eigenvalue weighted by molar-refractivity contribution is 9.10. The van der Waals surface area contributed by atoms with Crippen molar-refractivity contribution < 1.29 is 24.9 Å². The first kappa shape index (κ1) is 17.8. The fourth-order valence-electron chi connectivity index (χ4n) is 3.93. The zero-order valence-corrected chi connectivity index (χ0v) is 15.8. The number of fused-ring (bicyclic) bond motifs is 2. The summed E-state index contributed by atoms with van der Waals surface area (Å²) in [5.74, 6) is -0.382. The van der Waals surface area contributed by atoms with Gasteiger partial charge in [0, 0.05) is 34.3 Å². The van der Waals surface area contributed by atoms with Gasteiger partial charge in [-0.1, -0.05) is 34.1 Å². The predicted molar refractivity (Wildman–Crippen MR) is 99.4 cm³/mol. The van der Waals surface area contributed by atoms with Crippen LogP contribution in [-0.4, -0.2) is 50.2 Å². The van der Waals surface area contributed by atoms with Gasteiger partial charge in [-0.2, -0.15) is 0 Å². The number of phenols is 1. The molecule has 0 aromatic heterocycles. The average Bonchev–Trinajstić information content (AvgIpc) is 2.89. The molecule has 0 fully saturated rings. The molecule has 2 aliphatic rings. The lowest BCUT2D eigenvalue weighted by molar-refractivity contribution is 0.00296. The number of aliphatic hydroxyl groups excluding tert-OH is 1. The summed E-state index contributed by atoms with van der Waals surface area (Å²) in [5.41, 5.74) is 2.19. The Labute approximate surface area is 163 Å². The van der Waals surface area contributed by atoms with Crippen LogP contribution in [0.5, 0.6) is 5.75 Å². The van der Waals surface area contributed by atoms with Crippen LogP contribution in [0.4, 0.5) is 4.79 Å². The van der Waals surface area contributed by atoms with Crippen molar-refractivity contribution >= 4 is 27.9 Å². The van der Waals surface area contributed by atoms with Crippen molar-refractivity contribution in [2.75, 3.05) is 13.1 Å². The number of benzene rings is 2. The number of phenolic OH excluding ortho intramolecular Hbond substituents is 1. The van der Waals surface area contributed by atoms with E-state index in [4.69, 9.17) is 0 Å². The first-order valence-corrected chi connectivity index (χ1v) is 9.27. The number of hydrogen-bond acceptors (Lipinski definition) is 4. The Morgan fingerprint density at radius 2 is 1.96 bits per heavy atom. The number of carbonyl (C=O) groups excluding carboxylic acids is 1. The molecule has 2 aromatic carbocycles. The van der Waals surface area contributed by atoms with E-state index in [1.54, 1.807) is 30.3 Å². The molecule has 8 heteroatoms. The van der Waals surface area contributed by atoms with Gasteiger partial charge in [-0.05, 0) is 30.2 Å². The van der Waals surface area contributed by atoms with E-state index in [2.05, 4.69) is 15.9 Å². The second-order valence-electron chi connectivity index (χ2n) is 6.62. The van der Waals surface area contributed by atoms with E-state index in [-0.39, 0.29) is 24.7 Å². The topological polar surface area (TPSA) is 101 Å². The number of amides is 2. The molecule has 0 radical (unpaired) electrons. The standard InChI is InChI=1S/C19H17BrN2O5/c20-13-5-6-15(23)16-12(13)7-8-21(19(26)27)14(16)9-22-17(24)10-3-1-2-4-11(10)18(22)25/h1-6,14,17,23-24H,7-9H2,(H,26,27)/t14-,17?/m1/s1. The smallest absolute Gasteiger partial charge is 0.407 e. The third-order valence-electron chi connectivity index (χ3n) is 5.23. The number of nitrogens with zero attached hydrogens (tertiary/aromatic N) is 2. The van der Waals surface area contributed by atoms with Crippen LogP contribution in [0.3, 0.4) is 0 Å². The number of aliphatic hydroxyl groups is 1. The third-order valence-corrected chi connectivity index (χ3v) is 5.97. The normalized spacial score (nSPS) is 21.2. The molecule has 7 nitrogen and oxygen atoms in total. The minimum atomic E-state index is -1.15. The summed E-state index contributed by atoms with van der Waals surface area (Å²) >= 11 is 3.45. The van der Waals surface area contributed by atoms with Crippen LogP contribution in [0, 0.1) is 0 Å². The van der Waals surface area contributed by atoms with Crippen molar-refractivity contribution in [3.8, 4) is 5.75 Å². The molecule has 1 unspecified atom stereocenters. The van der Waals surface area contributed by atoms with Gasteiger partial charge in [0.05, 0.1) is 6.04 Å². The zero-order chi connectivity index (χ0) is 19.3. The van der Waals surface area contributed by atoms with Crippen LogP contribution >= 0.6 is 15.9 Å². The monoisotopic (exact) mass is 432 g/mol. The van der Waals surface area contributed by atoms with Gasteiger partial charge in [-0.15, -0.1) is 0 Å². The summed E-state index contributed by atoms with van der Waals surface area (Å²) in [4.78, 5) is 27.0. The Kier molecular flexibility index (Phi) is 4.32. The third kappa shape index (κ3) is 2.76. The largest absolute Gasteiger partial charge is 0.508 e. The molecule has 0 saturated heterocycles. The highest BCUT2D eigenvalue weighted by atomic mass is 79.9. The van der Waals surface area contributed by atoms with Gasteiger partial charge in [-0.3, -0.25) is 9.69 Å². The first-order valence-electron chi connectivity index (χ1n) is 8.48. The van der Waals surface area contributed by atoms with E-state index >= 15 is 0 Å². The minimum absolute atomic E-state index is 0.0252. The Morgan fingerprint density at radius 3 is 2.67 bits per heavy atom. The molecule has 27 heavy (non-hydrogen) atoms. The molecule has 2 aromatic rings. The van der Waals surface area contributed by atoms with Gasteiger partial charge < -0.3 is 20.2 Å². The highest BCUT2D eigenvalue weighted by Gasteiger charge is 2.41.